The van der Waals surface area contributed by atoms with Gasteiger partial charge in [-0.2, -0.15) is 0 Å². The van der Waals surface area contributed by atoms with Crippen molar-refractivity contribution in [2.45, 2.75) is 45.1 Å². The normalized spacial score (nSPS) is 25.8. The van der Waals surface area contributed by atoms with E-state index in [-0.39, 0.29) is 5.91 Å². The van der Waals surface area contributed by atoms with Crippen molar-refractivity contribution in [2.75, 3.05) is 20.1 Å². The van der Waals surface area contributed by atoms with E-state index in [4.69, 9.17) is 4.42 Å². The predicted octanol–water partition coefficient (Wildman–Crippen LogP) is 2.75. The van der Waals surface area contributed by atoms with Crippen LogP contribution in [-0.2, 0) is 11.3 Å². The summed E-state index contributed by atoms with van der Waals surface area (Å²) in [6.45, 7) is 4.93. The van der Waals surface area contributed by atoms with E-state index in [0.717, 1.165) is 43.4 Å². The van der Waals surface area contributed by atoms with E-state index >= 15 is 0 Å². The molecule has 2 unspecified atom stereocenters. The van der Waals surface area contributed by atoms with Gasteiger partial charge in [0.15, 0.2) is 0 Å². The summed E-state index contributed by atoms with van der Waals surface area (Å²) in [4.78, 5) is 14.1. The molecule has 4 heteroatoms. The lowest BCUT2D eigenvalue weighted by molar-refractivity contribution is -0.131. The molecule has 4 nitrogen and oxygen atoms in total. The summed E-state index contributed by atoms with van der Waals surface area (Å²) in [6, 6.07) is 4.10. The number of hydrogen-bond donors (Lipinski definition) is 1. The lowest BCUT2D eigenvalue weighted by Crippen LogP contribution is -2.33. The zero-order valence-corrected chi connectivity index (χ0v) is 13.1. The molecule has 0 spiro atoms. The van der Waals surface area contributed by atoms with Gasteiger partial charge in [-0.15, -0.1) is 0 Å². The van der Waals surface area contributed by atoms with E-state index in [1.54, 1.807) is 4.90 Å². The zero-order chi connectivity index (χ0) is 14.8. The van der Waals surface area contributed by atoms with E-state index in [0.29, 0.717) is 24.8 Å². The fourth-order valence-corrected chi connectivity index (χ4v) is 3.21. The highest BCUT2D eigenvalue weighted by atomic mass is 16.3. The van der Waals surface area contributed by atoms with Crippen LogP contribution in [0.1, 0.15) is 50.0 Å². The maximum absolute atomic E-state index is 12.3. The van der Waals surface area contributed by atoms with E-state index in [2.05, 4.69) is 18.3 Å². The van der Waals surface area contributed by atoms with Gasteiger partial charge in [0.25, 0.3) is 0 Å². The van der Waals surface area contributed by atoms with Gasteiger partial charge >= 0.3 is 0 Å². The number of rotatable bonds is 5. The Morgan fingerprint density at radius 1 is 1.38 bits per heavy atom. The second-order valence-electron chi connectivity index (χ2n) is 6.77. The van der Waals surface area contributed by atoms with Crippen LogP contribution in [0.4, 0.5) is 0 Å². The van der Waals surface area contributed by atoms with Crippen molar-refractivity contribution in [3.05, 3.63) is 23.7 Å². The molecule has 2 fully saturated rings. The number of nitrogens with one attached hydrogen (secondary N) is 1. The number of amides is 1. The topological polar surface area (TPSA) is 45.5 Å². The van der Waals surface area contributed by atoms with Crippen LogP contribution in [0.3, 0.4) is 0 Å². The molecule has 1 saturated carbocycles. The van der Waals surface area contributed by atoms with Crippen molar-refractivity contribution in [3.63, 3.8) is 0 Å². The van der Waals surface area contributed by atoms with Gasteiger partial charge in [-0.25, -0.2) is 0 Å². The average Bonchev–Trinajstić information content (AvgIpc) is 3.03. The smallest absolute Gasteiger partial charge is 0.222 e. The van der Waals surface area contributed by atoms with Crippen LogP contribution in [0.15, 0.2) is 16.5 Å². The first-order valence-electron chi connectivity index (χ1n) is 8.16. The Kier molecular flexibility index (Phi) is 4.34. The molecular formula is C17H26N2O2. The van der Waals surface area contributed by atoms with Crippen molar-refractivity contribution in [1.29, 1.82) is 0 Å². The Hall–Kier alpha value is -1.29. The molecule has 1 saturated heterocycles. The molecular weight excluding hydrogens is 264 g/mol. The summed E-state index contributed by atoms with van der Waals surface area (Å²) in [7, 11) is 1.88. The molecule has 1 aromatic heterocycles. The number of carbonyl (C=O) groups is 1. The average molecular weight is 290 g/mol. The second-order valence-corrected chi connectivity index (χ2v) is 6.77. The van der Waals surface area contributed by atoms with Crippen LogP contribution >= 0.6 is 0 Å². The quantitative estimate of drug-likeness (QED) is 0.907. The second kappa shape index (κ2) is 6.22. The lowest BCUT2D eigenvalue weighted by Gasteiger charge is -2.24. The fraction of sp³-hybridized carbons (Fsp3) is 0.706. The SMILES string of the molecule is CC1CC1c1ccc(CN(C)C(=O)CC2CCNCC2)o1. The molecule has 2 heterocycles. The first-order valence-corrected chi connectivity index (χ1v) is 8.16. The van der Waals surface area contributed by atoms with Gasteiger partial charge in [-0.1, -0.05) is 6.92 Å². The molecule has 2 atom stereocenters. The van der Waals surface area contributed by atoms with Crippen LogP contribution in [0, 0.1) is 11.8 Å². The summed E-state index contributed by atoms with van der Waals surface area (Å²) in [5.41, 5.74) is 0. The first-order chi connectivity index (χ1) is 10.1. The highest BCUT2D eigenvalue weighted by molar-refractivity contribution is 5.76. The molecule has 0 aromatic carbocycles. The Bertz CT molecular complexity index is 491. The van der Waals surface area contributed by atoms with Crippen LogP contribution in [0.2, 0.25) is 0 Å². The molecule has 1 aliphatic carbocycles. The van der Waals surface area contributed by atoms with Crippen LogP contribution in [0.5, 0.6) is 0 Å². The summed E-state index contributed by atoms with van der Waals surface area (Å²) in [6.07, 6.45) is 4.14. The summed E-state index contributed by atoms with van der Waals surface area (Å²) >= 11 is 0. The minimum absolute atomic E-state index is 0.236. The molecule has 116 valence electrons. The third-order valence-electron chi connectivity index (χ3n) is 4.90. The molecule has 1 aromatic rings. The first kappa shape index (κ1) is 14.6. The monoisotopic (exact) mass is 290 g/mol. The number of piperidine rings is 1. The van der Waals surface area contributed by atoms with Gasteiger partial charge in [-0.3, -0.25) is 4.79 Å². The van der Waals surface area contributed by atoms with Gasteiger partial charge in [0.05, 0.1) is 6.54 Å². The van der Waals surface area contributed by atoms with Crippen molar-refractivity contribution in [1.82, 2.24) is 10.2 Å². The third kappa shape index (κ3) is 3.67. The van der Waals surface area contributed by atoms with Crippen molar-refractivity contribution in [2.24, 2.45) is 11.8 Å². The van der Waals surface area contributed by atoms with Crippen LogP contribution < -0.4 is 5.32 Å². The summed E-state index contributed by atoms with van der Waals surface area (Å²) in [5, 5.41) is 3.34. The molecule has 1 N–H and O–H groups in total. The molecule has 3 rings (SSSR count). The van der Waals surface area contributed by atoms with Crippen LogP contribution in [-0.4, -0.2) is 30.9 Å². The van der Waals surface area contributed by atoms with E-state index < -0.39 is 0 Å². The minimum atomic E-state index is 0.236. The number of carbonyl (C=O) groups excluding carboxylic acids is 1. The van der Waals surface area contributed by atoms with Gasteiger partial charge in [-0.05, 0) is 56.3 Å². The van der Waals surface area contributed by atoms with E-state index in [1.165, 1.54) is 6.42 Å². The Balaban J connectivity index is 1.49. The lowest BCUT2D eigenvalue weighted by atomic mass is 9.94. The zero-order valence-electron chi connectivity index (χ0n) is 13.1. The van der Waals surface area contributed by atoms with Gasteiger partial charge < -0.3 is 14.6 Å². The Morgan fingerprint density at radius 2 is 2.10 bits per heavy atom. The molecule has 1 amide bonds. The number of hydrogen-bond acceptors (Lipinski definition) is 3. The molecule has 1 aliphatic heterocycles. The van der Waals surface area contributed by atoms with Crippen molar-refractivity contribution >= 4 is 5.91 Å². The van der Waals surface area contributed by atoms with Crippen LogP contribution in [0.25, 0.3) is 0 Å². The summed E-state index contributed by atoms with van der Waals surface area (Å²) < 4.78 is 5.88. The van der Waals surface area contributed by atoms with Crippen molar-refractivity contribution in [3.8, 4) is 0 Å². The maximum Gasteiger partial charge on any atom is 0.222 e. The number of furan rings is 1. The number of nitrogens with zero attached hydrogens (tertiary/aromatic N) is 1. The summed E-state index contributed by atoms with van der Waals surface area (Å²) in [5.74, 6) is 4.14. The van der Waals surface area contributed by atoms with Gasteiger partial charge in [0, 0.05) is 19.4 Å². The molecule has 0 bridgehead atoms. The standard InChI is InChI=1S/C17H26N2O2/c1-12-9-15(12)16-4-3-14(21-16)11-19(2)17(20)10-13-5-7-18-8-6-13/h3-4,12-13,15,18H,5-11H2,1-2H3. The third-order valence-corrected chi connectivity index (χ3v) is 4.90. The highest BCUT2D eigenvalue weighted by Crippen LogP contribution is 2.47. The Morgan fingerprint density at radius 3 is 2.76 bits per heavy atom. The largest absolute Gasteiger partial charge is 0.464 e. The van der Waals surface area contributed by atoms with E-state index in [9.17, 15) is 4.79 Å². The van der Waals surface area contributed by atoms with Gasteiger partial charge in [0.1, 0.15) is 11.5 Å². The minimum Gasteiger partial charge on any atom is -0.464 e. The van der Waals surface area contributed by atoms with Crippen molar-refractivity contribution < 1.29 is 9.21 Å². The highest BCUT2D eigenvalue weighted by Gasteiger charge is 2.36. The van der Waals surface area contributed by atoms with E-state index in [1.807, 2.05) is 13.1 Å². The molecule has 0 radical (unpaired) electrons. The molecule has 2 aliphatic rings. The Labute approximate surface area is 126 Å². The predicted molar refractivity (Wildman–Crippen MR) is 81.9 cm³/mol. The molecule has 21 heavy (non-hydrogen) atoms. The maximum atomic E-state index is 12.3. The fourth-order valence-electron chi connectivity index (χ4n) is 3.21. The van der Waals surface area contributed by atoms with Gasteiger partial charge in [0.2, 0.25) is 5.91 Å².